The maximum atomic E-state index is 12.4. The number of carbonyl (C=O) groups is 1. The number of anilines is 1. The summed E-state index contributed by atoms with van der Waals surface area (Å²) >= 11 is 0. The van der Waals surface area contributed by atoms with Gasteiger partial charge in [0.05, 0.1) is 12.7 Å². The predicted octanol–water partition coefficient (Wildman–Crippen LogP) is 4.02. The molecule has 0 aliphatic heterocycles. The fraction of sp³-hybridized carbons (Fsp3) is 0.188. The van der Waals surface area contributed by atoms with Gasteiger partial charge in [0.25, 0.3) is 6.43 Å². The number of hydrogen-bond acceptors (Lipinski definition) is 3. The van der Waals surface area contributed by atoms with Crippen molar-refractivity contribution in [1.82, 2.24) is 0 Å². The van der Waals surface area contributed by atoms with Crippen molar-refractivity contribution in [3.8, 4) is 0 Å². The lowest BCUT2D eigenvalue weighted by molar-refractivity contribution is 0.0600. The summed E-state index contributed by atoms with van der Waals surface area (Å²) in [5.41, 5.74) is 2.10. The lowest BCUT2D eigenvalue weighted by Crippen LogP contribution is -2.04. The van der Waals surface area contributed by atoms with Crippen molar-refractivity contribution in [1.29, 1.82) is 0 Å². The van der Waals surface area contributed by atoms with Crippen LogP contribution >= 0.6 is 0 Å². The standard InChI is InChI=1S/C16H15F2NO2/c1-21-16(20)13-3-2-4-14(9-13)19-10-11-5-7-12(8-6-11)15(17)18/h2-9,15,19H,10H2,1H3. The summed E-state index contributed by atoms with van der Waals surface area (Å²) in [5.74, 6) is -0.403. The number of halogens is 2. The van der Waals surface area contributed by atoms with Gasteiger partial charge in [-0.15, -0.1) is 0 Å². The van der Waals surface area contributed by atoms with Gasteiger partial charge in [0.2, 0.25) is 0 Å². The molecule has 0 aromatic heterocycles. The molecule has 0 amide bonds. The fourth-order valence-corrected chi connectivity index (χ4v) is 1.86. The minimum absolute atomic E-state index is 0.00596. The number of rotatable bonds is 5. The van der Waals surface area contributed by atoms with Crippen molar-refractivity contribution in [2.75, 3.05) is 12.4 Å². The van der Waals surface area contributed by atoms with E-state index in [-0.39, 0.29) is 5.56 Å². The van der Waals surface area contributed by atoms with Gasteiger partial charge in [-0.1, -0.05) is 30.3 Å². The molecular weight excluding hydrogens is 276 g/mol. The van der Waals surface area contributed by atoms with E-state index in [0.29, 0.717) is 12.1 Å². The molecule has 0 aliphatic carbocycles. The molecule has 1 N–H and O–H groups in total. The van der Waals surface area contributed by atoms with Crippen LogP contribution in [0.3, 0.4) is 0 Å². The summed E-state index contributed by atoms with van der Waals surface area (Å²) in [6.07, 6.45) is -2.45. The molecule has 0 bridgehead atoms. The van der Waals surface area contributed by atoms with Gasteiger partial charge in [0, 0.05) is 17.8 Å². The fourth-order valence-electron chi connectivity index (χ4n) is 1.86. The van der Waals surface area contributed by atoms with Crippen LogP contribution in [0.5, 0.6) is 0 Å². The monoisotopic (exact) mass is 291 g/mol. The molecular formula is C16H15F2NO2. The van der Waals surface area contributed by atoms with Crippen molar-refractivity contribution < 1.29 is 18.3 Å². The van der Waals surface area contributed by atoms with Gasteiger partial charge in [-0.05, 0) is 23.8 Å². The van der Waals surface area contributed by atoms with Crippen molar-refractivity contribution in [2.45, 2.75) is 13.0 Å². The van der Waals surface area contributed by atoms with E-state index in [1.165, 1.54) is 19.2 Å². The third-order valence-corrected chi connectivity index (χ3v) is 3.01. The summed E-state index contributed by atoms with van der Waals surface area (Å²) in [4.78, 5) is 11.4. The largest absolute Gasteiger partial charge is 0.465 e. The molecule has 5 heteroatoms. The molecule has 0 atom stereocenters. The van der Waals surface area contributed by atoms with Crippen LogP contribution in [-0.4, -0.2) is 13.1 Å². The first-order chi connectivity index (χ1) is 10.1. The first-order valence-electron chi connectivity index (χ1n) is 6.39. The Labute approximate surface area is 121 Å². The number of alkyl halides is 2. The Morgan fingerprint density at radius 2 is 1.90 bits per heavy atom. The minimum Gasteiger partial charge on any atom is -0.465 e. The molecule has 0 unspecified atom stereocenters. The van der Waals surface area contributed by atoms with E-state index in [9.17, 15) is 13.6 Å². The first kappa shape index (κ1) is 15.0. The second kappa shape index (κ2) is 6.83. The smallest absolute Gasteiger partial charge is 0.337 e. The van der Waals surface area contributed by atoms with Crippen LogP contribution in [0.2, 0.25) is 0 Å². The van der Waals surface area contributed by atoms with E-state index in [4.69, 9.17) is 0 Å². The minimum atomic E-state index is -2.45. The highest BCUT2D eigenvalue weighted by Gasteiger charge is 2.07. The van der Waals surface area contributed by atoms with E-state index >= 15 is 0 Å². The second-order valence-electron chi connectivity index (χ2n) is 4.47. The number of esters is 1. The van der Waals surface area contributed by atoms with Crippen molar-refractivity contribution in [3.63, 3.8) is 0 Å². The van der Waals surface area contributed by atoms with E-state index in [2.05, 4.69) is 10.1 Å². The third kappa shape index (κ3) is 4.02. The van der Waals surface area contributed by atoms with E-state index in [1.807, 2.05) is 6.07 Å². The van der Waals surface area contributed by atoms with Crippen molar-refractivity contribution in [3.05, 3.63) is 65.2 Å². The Balaban J connectivity index is 2.01. The maximum Gasteiger partial charge on any atom is 0.337 e. The summed E-state index contributed by atoms with van der Waals surface area (Å²) in [6, 6.07) is 13.0. The first-order valence-corrected chi connectivity index (χ1v) is 6.39. The van der Waals surface area contributed by atoms with E-state index in [1.54, 1.807) is 30.3 Å². The predicted molar refractivity (Wildman–Crippen MR) is 76.5 cm³/mol. The molecule has 0 saturated heterocycles. The molecule has 110 valence electrons. The molecule has 0 aliphatic rings. The number of methoxy groups -OCH3 is 1. The third-order valence-electron chi connectivity index (χ3n) is 3.01. The maximum absolute atomic E-state index is 12.4. The zero-order chi connectivity index (χ0) is 15.2. The SMILES string of the molecule is COC(=O)c1cccc(NCc2ccc(C(F)F)cc2)c1. The van der Waals surface area contributed by atoms with Gasteiger partial charge in [-0.25, -0.2) is 13.6 Å². The average Bonchev–Trinajstić information content (AvgIpc) is 2.52. The Kier molecular flexibility index (Phi) is 4.87. The lowest BCUT2D eigenvalue weighted by Gasteiger charge is -2.08. The van der Waals surface area contributed by atoms with Crippen molar-refractivity contribution >= 4 is 11.7 Å². The van der Waals surface area contributed by atoms with Gasteiger partial charge in [-0.2, -0.15) is 0 Å². The Morgan fingerprint density at radius 1 is 1.19 bits per heavy atom. The summed E-state index contributed by atoms with van der Waals surface area (Å²) in [7, 11) is 1.33. The van der Waals surface area contributed by atoms with Crippen LogP contribution < -0.4 is 5.32 Å². The Hall–Kier alpha value is -2.43. The molecule has 0 heterocycles. The number of benzene rings is 2. The van der Waals surface area contributed by atoms with Crippen molar-refractivity contribution in [2.24, 2.45) is 0 Å². The van der Waals surface area contributed by atoms with Gasteiger partial charge in [0.15, 0.2) is 0 Å². The number of hydrogen-bond donors (Lipinski definition) is 1. The molecule has 2 aromatic carbocycles. The molecule has 2 rings (SSSR count). The Morgan fingerprint density at radius 3 is 2.52 bits per heavy atom. The van der Waals surface area contributed by atoms with Crippen LogP contribution in [-0.2, 0) is 11.3 Å². The summed E-state index contributed by atoms with van der Waals surface area (Å²) in [5, 5.41) is 3.13. The highest BCUT2D eigenvalue weighted by atomic mass is 19.3. The quantitative estimate of drug-likeness (QED) is 0.845. The van der Waals surface area contributed by atoms with E-state index < -0.39 is 12.4 Å². The second-order valence-corrected chi connectivity index (χ2v) is 4.47. The molecule has 3 nitrogen and oxygen atoms in total. The van der Waals surface area contributed by atoms with E-state index in [0.717, 1.165) is 11.3 Å². The summed E-state index contributed by atoms with van der Waals surface area (Å²) in [6.45, 7) is 0.480. The molecule has 0 radical (unpaired) electrons. The molecule has 0 fully saturated rings. The zero-order valence-corrected chi connectivity index (χ0v) is 11.5. The van der Waals surface area contributed by atoms with Gasteiger partial charge >= 0.3 is 5.97 Å². The normalized spacial score (nSPS) is 10.5. The number of ether oxygens (including phenoxy) is 1. The average molecular weight is 291 g/mol. The van der Waals surface area contributed by atoms with Crippen LogP contribution in [0.1, 0.15) is 27.9 Å². The Bertz CT molecular complexity index is 612. The molecule has 2 aromatic rings. The lowest BCUT2D eigenvalue weighted by atomic mass is 10.1. The van der Waals surface area contributed by atoms with Crippen LogP contribution in [0.15, 0.2) is 48.5 Å². The topological polar surface area (TPSA) is 38.3 Å². The van der Waals surface area contributed by atoms with Gasteiger partial charge in [-0.3, -0.25) is 0 Å². The van der Waals surface area contributed by atoms with Crippen LogP contribution in [0.4, 0.5) is 14.5 Å². The number of carbonyl (C=O) groups excluding carboxylic acids is 1. The molecule has 0 saturated carbocycles. The highest BCUT2D eigenvalue weighted by Crippen LogP contribution is 2.19. The highest BCUT2D eigenvalue weighted by molar-refractivity contribution is 5.90. The van der Waals surface area contributed by atoms with Gasteiger partial charge < -0.3 is 10.1 Å². The molecule has 21 heavy (non-hydrogen) atoms. The zero-order valence-electron chi connectivity index (χ0n) is 11.5. The molecule has 0 spiro atoms. The van der Waals surface area contributed by atoms with Crippen LogP contribution in [0, 0.1) is 0 Å². The van der Waals surface area contributed by atoms with Crippen LogP contribution in [0.25, 0.3) is 0 Å². The van der Waals surface area contributed by atoms with Gasteiger partial charge in [0.1, 0.15) is 0 Å². The number of nitrogens with one attached hydrogen (secondary N) is 1. The summed E-state index contributed by atoms with van der Waals surface area (Å²) < 4.78 is 29.5.